The van der Waals surface area contributed by atoms with E-state index in [1.165, 1.54) is 30.4 Å². The number of hydrogen-bond donors (Lipinski definition) is 1. The first-order valence-corrected chi connectivity index (χ1v) is 12.8. The number of aliphatic hydroxyl groups is 1. The summed E-state index contributed by atoms with van der Waals surface area (Å²) in [7, 11) is 0. The molecule has 0 spiro atoms. The van der Waals surface area contributed by atoms with Crippen LogP contribution in [0.1, 0.15) is 63.5 Å². The van der Waals surface area contributed by atoms with Gasteiger partial charge in [0, 0.05) is 23.1 Å². The fraction of sp³-hybridized carbons (Fsp3) is 0.433. The molecule has 5 nitrogen and oxygen atoms in total. The molecule has 1 aromatic heterocycles. The average Bonchev–Trinajstić information content (AvgIpc) is 3.30. The van der Waals surface area contributed by atoms with E-state index in [0.717, 1.165) is 47.6 Å². The highest BCUT2D eigenvalue weighted by Gasteiger charge is 2.12. The number of aliphatic hydroxyl groups excluding tert-OH is 1. The molecule has 0 aliphatic heterocycles. The van der Waals surface area contributed by atoms with E-state index in [-0.39, 0.29) is 6.61 Å². The van der Waals surface area contributed by atoms with Crippen LogP contribution in [0.5, 0.6) is 5.75 Å². The minimum Gasteiger partial charge on any atom is -0.491 e. The van der Waals surface area contributed by atoms with Gasteiger partial charge in [-0.3, -0.25) is 0 Å². The summed E-state index contributed by atoms with van der Waals surface area (Å²) in [6.07, 6.45) is 8.38. The van der Waals surface area contributed by atoms with Crippen LogP contribution in [-0.4, -0.2) is 30.4 Å². The van der Waals surface area contributed by atoms with E-state index in [0.29, 0.717) is 25.2 Å². The van der Waals surface area contributed by atoms with Crippen molar-refractivity contribution in [2.24, 2.45) is 0 Å². The molecule has 3 aromatic rings. The van der Waals surface area contributed by atoms with Crippen molar-refractivity contribution in [3.8, 4) is 17.1 Å². The second-order valence-corrected chi connectivity index (χ2v) is 8.94. The second-order valence-electron chi connectivity index (χ2n) is 8.94. The number of unbranched alkanes of at least 4 members (excludes halogenated alkanes) is 3. The Hall–Kier alpha value is -3.05. The van der Waals surface area contributed by atoms with Gasteiger partial charge in [0.25, 0.3) is 0 Å². The van der Waals surface area contributed by atoms with Crippen LogP contribution in [0.3, 0.4) is 0 Å². The summed E-state index contributed by atoms with van der Waals surface area (Å²) in [5.74, 6) is 1.11. The van der Waals surface area contributed by atoms with Crippen LogP contribution in [0, 0.1) is 0 Å². The lowest BCUT2D eigenvalue weighted by molar-refractivity contribution is -0.137. The van der Waals surface area contributed by atoms with Crippen LogP contribution in [0.2, 0.25) is 0 Å². The van der Waals surface area contributed by atoms with Gasteiger partial charge in [-0.25, -0.2) is 4.79 Å². The van der Waals surface area contributed by atoms with E-state index in [1.54, 1.807) is 0 Å². The van der Waals surface area contributed by atoms with Crippen molar-refractivity contribution in [1.29, 1.82) is 0 Å². The maximum Gasteiger partial charge on any atom is 0.330 e. The molecule has 188 valence electrons. The standard InChI is InChI=1S/C30H38O5/c1-4-7-8-11-22-13-16-27(23(5-2)18-22)29-19-24-14-15-26(20-28(24)35-29)34-21-25(31)12-9-10-17-33-30(32)6-3/h6,13-16,18-20,25,31H,3-5,7-12,17,21H2,1-2H3. The van der Waals surface area contributed by atoms with Gasteiger partial charge in [0.05, 0.1) is 12.7 Å². The zero-order valence-electron chi connectivity index (χ0n) is 21.1. The number of furan rings is 1. The SMILES string of the molecule is C=CC(=O)OCCCCC(O)COc1ccc2cc(-c3ccc(CCCCC)cc3CC)oc2c1. The van der Waals surface area contributed by atoms with E-state index in [9.17, 15) is 9.90 Å². The molecular formula is C30H38O5. The zero-order chi connectivity index (χ0) is 25.0. The van der Waals surface area contributed by atoms with Gasteiger partial charge in [0.15, 0.2) is 0 Å². The smallest absolute Gasteiger partial charge is 0.330 e. The maximum atomic E-state index is 11.0. The molecule has 0 radical (unpaired) electrons. The highest BCUT2D eigenvalue weighted by molar-refractivity contribution is 5.84. The molecule has 1 atom stereocenters. The molecule has 5 heteroatoms. The Kier molecular flexibility index (Phi) is 10.4. The molecule has 1 heterocycles. The molecule has 0 saturated heterocycles. The maximum absolute atomic E-state index is 11.0. The molecule has 35 heavy (non-hydrogen) atoms. The fourth-order valence-corrected chi connectivity index (χ4v) is 4.14. The first-order chi connectivity index (χ1) is 17.0. The minimum absolute atomic E-state index is 0.199. The summed E-state index contributed by atoms with van der Waals surface area (Å²) < 4.78 is 17.0. The minimum atomic E-state index is -0.587. The van der Waals surface area contributed by atoms with Gasteiger partial charge in [-0.15, -0.1) is 0 Å². The molecule has 1 N–H and O–H groups in total. The van der Waals surface area contributed by atoms with Gasteiger partial charge in [-0.05, 0) is 67.9 Å². The predicted molar refractivity (Wildman–Crippen MR) is 141 cm³/mol. The number of aryl methyl sites for hydroxylation is 2. The number of benzene rings is 2. The van der Waals surface area contributed by atoms with Crippen molar-refractivity contribution in [3.63, 3.8) is 0 Å². The molecule has 0 aliphatic carbocycles. The highest BCUT2D eigenvalue weighted by Crippen LogP contribution is 2.33. The summed E-state index contributed by atoms with van der Waals surface area (Å²) in [6, 6.07) is 14.6. The lowest BCUT2D eigenvalue weighted by Crippen LogP contribution is -2.17. The monoisotopic (exact) mass is 478 g/mol. The third-order valence-corrected chi connectivity index (χ3v) is 6.16. The Morgan fingerprint density at radius 2 is 1.94 bits per heavy atom. The van der Waals surface area contributed by atoms with E-state index < -0.39 is 12.1 Å². The lowest BCUT2D eigenvalue weighted by atomic mass is 9.97. The Morgan fingerprint density at radius 1 is 1.09 bits per heavy atom. The molecule has 0 bridgehead atoms. The molecule has 1 unspecified atom stereocenters. The largest absolute Gasteiger partial charge is 0.491 e. The Morgan fingerprint density at radius 3 is 2.71 bits per heavy atom. The predicted octanol–water partition coefficient (Wildman–Crippen LogP) is 7.03. The van der Waals surface area contributed by atoms with Crippen molar-refractivity contribution in [3.05, 3.63) is 66.2 Å². The van der Waals surface area contributed by atoms with Crippen LogP contribution in [0.15, 0.2) is 59.5 Å². The van der Waals surface area contributed by atoms with Gasteiger partial charge in [0.1, 0.15) is 23.7 Å². The number of carbonyl (C=O) groups is 1. The number of carbonyl (C=O) groups excluding carboxylic acids is 1. The average molecular weight is 479 g/mol. The number of fused-ring (bicyclic) bond motifs is 1. The van der Waals surface area contributed by atoms with E-state index in [1.807, 2.05) is 18.2 Å². The van der Waals surface area contributed by atoms with Crippen LogP contribution < -0.4 is 4.74 Å². The van der Waals surface area contributed by atoms with Gasteiger partial charge in [-0.1, -0.05) is 51.5 Å². The number of ether oxygens (including phenoxy) is 2. The van der Waals surface area contributed by atoms with Crippen LogP contribution in [0.4, 0.5) is 0 Å². The number of esters is 1. The normalized spacial score (nSPS) is 12.0. The Labute approximate surface area is 208 Å². The molecule has 3 rings (SSSR count). The molecule has 0 saturated carbocycles. The Bertz CT molecular complexity index is 1100. The van der Waals surface area contributed by atoms with E-state index in [4.69, 9.17) is 13.9 Å². The summed E-state index contributed by atoms with van der Waals surface area (Å²) in [5.41, 5.74) is 4.60. The molecule has 0 aliphatic rings. The first kappa shape index (κ1) is 26.6. The van der Waals surface area contributed by atoms with Crippen molar-refractivity contribution >= 4 is 16.9 Å². The molecule has 0 amide bonds. The highest BCUT2D eigenvalue weighted by atomic mass is 16.5. The molecule has 2 aromatic carbocycles. The molecular weight excluding hydrogens is 440 g/mol. The van der Waals surface area contributed by atoms with Crippen LogP contribution in [0.25, 0.3) is 22.3 Å². The van der Waals surface area contributed by atoms with E-state index in [2.05, 4.69) is 44.7 Å². The Balaban J connectivity index is 1.57. The number of rotatable bonds is 15. The van der Waals surface area contributed by atoms with Crippen LogP contribution >= 0.6 is 0 Å². The molecule has 0 fully saturated rings. The summed E-state index contributed by atoms with van der Waals surface area (Å²) in [4.78, 5) is 11.0. The third-order valence-electron chi connectivity index (χ3n) is 6.16. The summed E-state index contributed by atoms with van der Waals surface area (Å²) in [6.45, 7) is 8.31. The number of hydrogen-bond acceptors (Lipinski definition) is 5. The zero-order valence-corrected chi connectivity index (χ0v) is 21.1. The first-order valence-electron chi connectivity index (χ1n) is 12.8. The van der Waals surface area contributed by atoms with Gasteiger partial charge < -0.3 is 19.0 Å². The quantitative estimate of drug-likeness (QED) is 0.144. The van der Waals surface area contributed by atoms with Crippen molar-refractivity contribution in [2.75, 3.05) is 13.2 Å². The third kappa shape index (κ3) is 8.00. The van der Waals surface area contributed by atoms with E-state index >= 15 is 0 Å². The van der Waals surface area contributed by atoms with Crippen molar-refractivity contribution < 1.29 is 23.8 Å². The van der Waals surface area contributed by atoms with Crippen molar-refractivity contribution in [1.82, 2.24) is 0 Å². The second kappa shape index (κ2) is 13.7. The van der Waals surface area contributed by atoms with Crippen LogP contribution in [-0.2, 0) is 22.4 Å². The lowest BCUT2D eigenvalue weighted by Gasteiger charge is -2.12. The summed E-state index contributed by atoms with van der Waals surface area (Å²) in [5, 5.41) is 11.2. The van der Waals surface area contributed by atoms with Gasteiger partial charge >= 0.3 is 5.97 Å². The fourth-order valence-electron chi connectivity index (χ4n) is 4.14. The van der Waals surface area contributed by atoms with Gasteiger partial charge in [-0.2, -0.15) is 0 Å². The summed E-state index contributed by atoms with van der Waals surface area (Å²) >= 11 is 0. The van der Waals surface area contributed by atoms with Crippen molar-refractivity contribution in [2.45, 2.75) is 71.3 Å². The van der Waals surface area contributed by atoms with Gasteiger partial charge in [0.2, 0.25) is 0 Å². The topological polar surface area (TPSA) is 68.9 Å².